The van der Waals surface area contributed by atoms with Crippen molar-refractivity contribution in [3.63, 3.8) is 0 Å². The van der Waals surface area contributed by atoms with E-state index in [2.05, 4.69) is 0 Å². The Labute approximate surface area is 178 Å². The first-order valence-electron chi connectivity index (χ1n) is 9.50. The molecule has 1 aliphatic heterocycles. The summed E-state index contributed by atoms with van der Waals surface area (Å²) < 4.78 is 0. The summed E-state index contributed by atoms with van der Waals surface area (Å²) in [4.78, 5) is 39.4. The molecular formula is C22H19Cl2NO4. The molecule has 4 rings (SSSR count). The van der Waals surface area contributed by atoms with Crippen LogP contribution in [0.1, 0.15) is 52.0 Å². The number of carboxylic acid groups (broad SMARTS) is 1. The summed E-state index contributed by atoms with van der Waals surface area (Å²) in [6.45, 7) is 0.0545. The second-order valence-electron chi connectivity index (χ2n) is 7.61. The van der Waals surface area contributed by atoms with E-state index in [0.717, 1.165) is 12.8 Å². The SMILES string of the molecule is O=C1c2ccccc2C(=O)N1C[C@@H]1CCCC[C@@]1(C(=O)O)c1ccc(Cl)c(Cl)c1. The van der Waals surface area contributed by atoms with Crippen LogP contribution >= 0.6 is 23.2 Å². The fourth-order valence-corrected chi connectivity index (χ4v) is 4.97. The molecule has 0 saturated heterocycles. The van der Waals surface area contributed by atoms with Crippen LogP contribution < -0.4 is 0 Å². The van der Waals surface area contributed by atoms with Crippen molar-refractivity contribution in [1.29, 1.82) is 0 Å². The van der Waals surface area contributed by atoms with E-state index in [0.29, 0.717) is 34.6 Å². The van der Waals surface area contributed by atoms with Gasteiger partial charge >= 0.3 is 5.97 Å². The molecule has 5 nitrogen and oxygen atoms in total. The first kappa shape index (κ1) is 19.9. The van der Waals surface area contributed by atoms with Crippen LogP contribution in [-0.2, 0) is 10.2 Å². The molecule has 2 atom stereocenters. The number of carbonyl (C=O) groups is 3. The molecule has 0 unspecified atom stereocenters. The summed E-state index contributed by atoms with van der Waals surface area (Å²) >= 11 is 12.2. The highest BCUT2D eigenvalue weighted by atomic mass is 35.5. The third kappa shape index (κ3) is 3.13. The van der Waals surface area contributed by atoms with Gasteiger partial charge < -0.3 is 5.11 Å². The van der Waals surface area contributed by atoms with Gasteiger partial charge in [0, 0.05) is 6.54 Å². The summed E-state index contributed by atoms with van der Waals surface area (Å²) in [5.41, 5.74) is 0.0511. The van der Waals surface area contributed by atoms with Gasteiger partial charge in [-0.25, -0.2) is 0 Å². The Morgan fingerprint density at radius 2 is 1.69 bits per heavy atom. The maximum atomic E-state index is 12.8. The molecule has 2 aromatic rings. The van der Waals surface area contributed by atoms with Gasteiger partial charge in [-0.05, 0) is 48.6 Å². The molecule has 2 aromatic carbocycles. The third-order valence-electron chi connectivity index (χ3n) is 6.17. The molecular weight excluding hydrogens is 413 g/mol. The van der Waals surface area contributed by atoms with Crippen molar-refractivity contribution < 1.29 is 19.5 Å². The molecule has 0 aromatic heterocycles. The van der Waals surface area contributed by atoms with Gasteiger partial charge in [0.2, 0.25) is 0 Å². The Bertz CT molecular complexity index is 987. The lowest BCUT2D eigenvalue weighted by atomic mass is 9.62. The van der Waals surface area contributed by atoms with E-state index in [-0.39, 0.29) is 23.4 Å². The fourth-order valence-electron chi connectivity index (χ4n) is 4.68. The van der Waals surface area contributed by atoms with Crippen molar-refractivity contribution in [3.8, 4) is 0 Å². The second kappa shape index (κ2) is 7.47. The Morgan fingerprint density at radius 1 is 1.03 bits per heavy atom. The maximum Gasteiger partial charge on any atom is 0.314 e. The average Bonchev–Trinajstić information content (AvgIpc) is 2.95. The van der Waals surface area contributed by atoms with Crippen molar-refractivity contribution in [2.45, 2.75) is 31.1 Å². The Morgan fingerprint density at radius 3 is 2.28 bits per heavy atom. The lowest BCUT2D eigenvalue weighted by molar-refractivity contribution is -0.148. The van der Waals surface area contributed by atoms with Gasteiger partial charge in [0.25, 0.3) is 11.8 Å². The summed E-state index contributed by atoms with van der Waals surface area (Å²) in [7, 11) is 0. The minimum atomic E-state index is -1.23. The lowest BCUT2D eigenvalue weighted by Gasteiger charge is -2.42. The second-order valence-corrected chi connectivity index (χ2v) is 8.43. The van der Waals surface area contributed by atoms with Crippen LogP contribution in [0.5, 0.6) is 0 Å². The van der Waals surface area contributed by atoms with Crippen molar-refractivity contribution in [2.24, 2.45) is 5.92 Å². The number of benzene rings is 2. The Hall–Kier alpha value is -2.37. The third-order valence-corrected chi connectivity index (χ3v) is 6.91. The predicted octanol–water partition coefficient (Wildman–Crippen LogP) is 4.80. The van der Waals surface area contributed by atoms with Crippen molar-refractivity contribution >= 4 is 41.0 Å². The maximum absolute atomic E-state index is 12.8. The number of fused-ring (bicyclic) bond motifs is 1. The molecule has 1 N–H and O–H groups in total. The summed E-state index contributed by atoms with van der Waals surface area (Å²) in [5, 5.41) is 10.9. The smallest absolute Gasteiger partial charge is 0.314 e. The van der Waals surface area contributed by atoms with Crippen LogP contribution in [0.25, 0.3) is 0 Å². The Kier molecular flexibility index (Phi) is 5.13. The number of carboxylic acids is 1. The molecule has 0 radical (unpaired) electrons. The van der Waals surface area contributed by atoms with E-state index >= 15 is 0 Å². The zero-order valence-corrected chi connectivity index (χ0v) is 17.0. The van der Waals surface area contributed by atoms with Crippen LogP contribution in [0.4, 0.5) is 0 Å². The highest BCUT2D eigenvalue weighted by Crippen LogP contribution is 2.46. The van der Waals surface area contributed by atoms with E-state index < -0.39 is 17.3 Å². The highest BCUT2D eigenvalue weighted by molar-refractivity contribution is 6.42. The first-order chi connectivity index (χ1) is 13.9. The van der Waals surface area contributed by atoms with Crippen LogP contribution in [-0.4, -0.2) is 34.3 Å². The topological polar surface area (TPSA) is 74.7 Å². The van der Waals surface area contributed by atoms with E-state index in [1.807, 2.05) is 0 Å². The molecule has 1 saturated carbocycles. The van der Waals surface area contributed by atoms with Crippen LogP contribution in [0.3, 0.4) is 0 Å². The minimum absolute atomic E-state index is 0.0545. The van der Waals surface area contributed by atoms with E-state index in [9.17, 15) is 19.5 Å². The average molecular weight is 432 g/mol. The number of hydrogen-bond acceptors (Lipinski definition) is 3. The van der Waals surface area contributed by atoms with Crippen LogP contribution in [0, 0.1) is 5.92 Å². The molecule has 1 heterocycles. The molecule has 2 amide bonds. The van der Waals surface area contributed by atoms with Gasteiger partial charge in [0.1, 0.15) is 0 Å². The standard InChI is InChI=1S/C22H19Cl2NO4/c23-17-9-8-13(11-18(17)24)22(21(28)29)10-4-3-5-14(22)12-25-19(26)15-6-1-2-7-16(15)20(25)27/h1-2,6-9,11,14H,3-5,10,12H2,(H,28,29)/t14-,22+/m0/s1. The highest BCUT2D eigenvalue weighted by Gasteiger charge is 2.51. The lowest BCUT2D eigenvalue weighted by Crippen LogP contribution is -2.50. The molecule has 0 spiro atoms. The number of imide groups is 1. The zero-order chi connectivity index (χ0) is 20.8. The van der Waals surface area contributed by atoms with Gasteiger partial charge in [-0.3, -0.25) is 19.3 Å². The van der Waals surface area contributed by atoms with E-state index in [1.165, 1.54) is 4.90 Å². The molecule has 0 bridgehead atoms. The molecule has 29 heavy (non-hydrogen) atoms. The van der Waals surface area contributed by atoms with Crippen LogP contribution in [0.15, 0.2) is 42.5 Å². The fraction of sp³-hybridized carbons (Fsp3) is 0.318. The minimum Gasteiger partial charge on any atom is -0.481 e. The zero-order valence-electron chi connectivity index (χ0n) is 15.5. The van der Waals surface area contributed by atoms with Crippen LogP contribution in [0.2, 0.25) is 10.0 Å². The van der Waals surface area contributed by atoms with Gasteiger partial charge in [-0.1, -0.05) is 54.2 Å². The van der Waals surface area contributed by atoms with Crippen molar-refractivity contribution in [3.05, 3.63) is 69.2 Å². The Balaban J connectivity index is 1.73. The van der Waals surface area contributed by atoms with Gasteiger partial charge in [-0.15, -0.1) is 0 Å². The van der Waals surface area contributed by atoms with E-state index in [4.69, 9.17) is 23.2 Å². The molecule has 1 fully saturated rings. The quantitative estimate of drug-likeness (QED) is 0.705. The summed E-state index contributed by atoms with van der Waals surface area (Å²) in [5.74, 6) is -2.14. The molecule has 7 heteroatoms. The van der Waals surface area contributed by atoms with Gasteiger partial charge in [0.15, 0.2) is 0 Å². The number of amides is 2. The number of nitrogens with zero attached hydrogens (tertiary/aromatic N) is 1. The number of rotatable bonds is 4. The molecule has 2 aliphatic rings. The summed E-state index contributed by atoms with van der Waals surface area (Å²) in [6, 6.07) is 11.6. The number of carbonyl (C=O) groups excluding carboxylic acids is 2. The molecule has 1 aliphatic carbocycles. The number of halogens is 2. The van der Waals surface area contributed by atoms with Gasteiger partial charge in [-0.2, -0.15) is 0 Å². The largest absolute Gasteiger partial charge is 0.481 e. The first-order valence-corrected chi connectivity index (χ1v) is 10.3. The van der Waals surface area contributed by atoms with Crippen molar-refractivity contribution in [1.82, 2.24) is 4.90 Å². The van der Waals surface area contributed by atoms with Gasteiger partial charge in [0.05, 0.1) is 26.6 Å². The number of aliphatic carboxylic acids is 1. The normalized spacial score (nSPS) is 23.9. The predicted molar refractivity (Wildman–Crippen MR) is 110 cm³/mol. The molecule has 150 valence electrons. The summed E-state index contributed by atoms with van der Waals surface area (Å²) in [6.07, 6.45) is 2.59. The number of hydrogen-bond donors (Lipinski definition) is 1. The van der Waals surface area contributed by atoms with E-state index in [1.54, 1.807) is 42.5 Å². The van der Waals surface area contributed by atoms with Crippen molar-refractivity contribution in [2.75, 3.05) is 6.54 Å². The monoisotopic (exact) mass is 431 g/mol.